The van der Waals surface area contributed by atoms with Gasteiger partial charge in [0.1, 0.15) is 0 Å². The van der Waals surface area contributed by atoms with Crippen LogP contribution in [0.4, 0.5) is 0 Å². The lowest BCUT2D eigenvalue weighted by Crippen LogP contribution is -2.27. The number of nitrogens with zero attached hydrogens (tertiary/aromatic N) is 3. The Kier molecular flexibility index (Phi) is 4.62. The van der Waals surface area contributed by atoms with Gasteiger partial charge in [0.25, 0.3) is 0 Å². The third-order valence-electron chi connectivity index (χ3n) is 8.18. The summed E-state index contributed by atoms with van der Waals surface area (Å²) in [5.74, 6) is 1.16. The maximum absolute atomic E-state index is 6.50. The van der Waals surface area contributed by atoms with Gasteiger partial charge in [-0.25, -0.2) is 4.98 Å². The maximum Gasteiger partial charge on any atom is 0.226 e. The van der Waals surface area contributed by atoms with E-state index >= 15 is 0 Å². The second-order valence-corrected chi connectivity index (χ2v) is 10.4. The van der Waals surface area contributed by atoms with Crippen LogP contribution in [-0.4, -0.2) is 15.0 Å². The van der Waals surface area contributed by atoms with Gasteiger partial charge in [-0.05, 0) is 69.0 Å². The highest BCUT2D eigenvalue weighted by molar-refractivity contribution is 6.28. The van der Waals surface area contributed by atoms with Crippen molar-refractivity contribution in [2.75, 3.05) is 0 Å². The van der Waals surface area contributed by atoms with E-state index in [0.717, 1.165) is 24.0 Å². The van der Waals surface area contributed by atoms with Crippen molar-refractivity contribution in [3.05, 3.63) is 142 Å². The first-order valence-electron chi connectivity index (χ1n) is 13.0. The summed E-state index contributed by atoms with van der Waals surface area (Å²) < 4.78 is 0. The van der Waals surface area contributed by atoms with Gasteiger partial charge in [0.2, 0.25) is 5.28 Å². The fourth-order valence-electron chi connectivity index (χ4n) is 6.80. The van der Waals surface area contributed by atoms with Crippen molar-refractivity contribution in [3.8, 4) is 33.9 Å². The van der Waals surface area contributed by atoms with Crippen LogP contribution in [-0.2, 0) is 5.41 Å². The number of rotatable bonds is 2. The summed E-state index contributed by atoms with van der Waals surface area (Å²) in [6, 6.07) is 34.2. The fraction of sp³-hybridized carbons (Fsp3) is 0.0882. The highest BCUT2D eigenvalue weighted by atomic mass is 35.5. The Bertz CT molecular complexity index is 1840. The summed E-state index contributed by atoms with van der Waals surface area (Å²) in [4.78, 5) is 14.0. The molecule has 3 aliphatic rings. The summed E-state index contributed by atoms with van der Waals surface area (Å²) in [6.45, 7) is 0. The molecule has 0 saturated carbocycles. The Morgan fingerprint density at radius 1 is 0.605 bits per heavy atom. The molecule has 8 rings (SSSR count). The molecule has 1 unspecified atom stereocenters. The Morgan fingerprint density at radius 2 is 1.26 bits per heavy atom. The van der Waals surface area contributed by atoms with Crippen molar-refractivity contribution in [3.63, 3.8) is 0 Å². The van der Waals surface area contributed by atoms with E-state index in [4.69, 9.17) is 16.6 Å². The van der Waals surface area contributed by atoms with E-state index in [-0.39, 0.29) is 10.7 Å². The third kappa shape index (κ3) is 2.82. The first-order chi connectivity index (χ1) is 18.8. The Labute approximate surface area is 226 Å². The van der Waals surface area contributed by atoms with Crippen LogP contribution in [0.15, 0.2) is 115 Å². The number of aromatic nitrogens is 3. The largest absolute Gasteiger partial charge is 0.226 e. The summed E-state index contributed by atoms with van der Waals surface area (Å²) in [6.07, 6.45) is 6.83. The fourth-order valence-corrected chi connectivity index (χ4v) is 6.96. The van der Waals surface area contributed by atoms with Gasteiger partial charge >= 0.3 is 0 Å². The number of hydrogen-bond donors (Lipinski definition) is 0. The SMILES string of the molecule is Clc1nc(-c2ccccc2)nc(-c2cccc3c2-c2ccccc2C32C3=C(CCC=C3)c3ccccc32)n1. The maximum atomic E-state index is 6.50. The first-order valence-corrected chi connectivity index (χ1v) is 13.4. The molecule has 4 aromatic carbocycles. The molecule has 3 nitrogen and oxygen atoms in total. The van der Waals surface area contributed by atoms with Gasteiger partial charge < -0.3 is 0 Å². The summed E-state index contributed by atoms with van der Waals surface area (Å²) in [5.41, 5.74) is 12.1. The van der Waals surface area contributed by atoms with Crippen molar-refractivity contribution in [1.29, 1.82) is 0 Å². The molecule has 0 fully saturated rings. The van der Waals surface area contributed by atoms with Crippen LogP contribution in [0.3, 0.4) is 0 Å². The molecule has 0 radical (unpaired) electrons. The zero-order valence-electron chi connectivity index (χ0n) is 20.5. The molecule has 0 aliphatic heterocycles. The Balaban J connectivity index is 1.45. The van der Waals surface area contributed by atoms with Gasteiger partial charge in [0.05, 0.1) is 5.41 Å². The molecular formula is C34H22ClN3. The second kappa shape index (κ2) is 8.08. The molecule has 180 valence electrons. The molecule has 1 heterocycles. The van der Waals surface area contributed by atoms with Crippen molar-refractivity contribution in [1.82, 2.24) is 15.0 Å². The van der Waals surface area contributed by atoms with Gasteiger partial charge in [-0.1, -0.05) is 109 Å². The molecule has 5 aromatic rings. The lowest BCUT2D eigenvalue weighted by molar-refractivity contribution is 0.780. The quantitative estimate of drug-likeness (QED) is 0.241. The van der Waals surface area contributed by atoms with E-state index in [0.29, 0.717) is 11.6 Å². The molecule has 1 spiro atoms. The van der Waals surface area contributed by atoms with E-state index in [1.54, 1.807) is 0 Å². The molecule has 0 bridgehead atoms. The highest BCUT2D eigenvalue weighted by Gasteiger charge is 2.52. The predicted molar refractivity (Wildman–Crippen MR) is 153 cm³/mol. The molecule has 3 aliphatic carbocycles. The predicted octanol–water partition coefficient (Wildman–Crippen LogP) is 8.29. The average Bonchev–Trinajstić information content (AvgIpc) is 3.45. The molecule has 0 N–H and O–H groups in total. The third-order valence-corrected chi connectivity index (χ3v) is 8.35. The van der Waals surface area contributed by atoms with Crippen molar-refractivity contribution >= 4 is 17.2 Å². The molecule has 38 heavy (non-hydrogen) atoms. The van der Waals surface area contributed by atoms with Crippen molar-refractivity contribution in [2.45, 2.75) is 18.3 Å². The van der Waals surface area contributed by atoms with Gasteiger partial charge in [0, 0.05) is 11.1 Å². The standard InChI is InChI=1S/C34H22ClN3/c35-33-37-31(21-11-2-1-3-12-21)36-32(38-33)25-16-10-20-29-30(25)24-15-6-9-19-28(24)34(29)26-17-7-4-13-22(26)23-14-5-8-18-27(23)34/h1-4,6-13,15-20H,5,14H2. The summed E-state index contributed by atoms with van der Waals surface area (Å²) in [7, 11) is 0. The van der Waals surface area contributed by atoms with Gasteiger partial charge in [-0.3, -0.25) is 0 Å². The topological polar surface area (TPSA) is 38.7 Å². The smallest absolute Gasteiger partial charge is 0.208 e. The van der Waals surface area contributed by atoms with Crippen molar-refractivity contribution < 1.29 is 0 Å². The van der Waals surface area contributed by atoms with Gasteiger partial charge in [-0.2, -0.15) is 9.97 Å². The number of hydrogen-bond acceptors (Lipinski definition) is 3. The van der Waals surface area contributed by atoms with E-state index in [1.807, 2.05) is 30.3 Å². The number of allylic oxidation sites excluding steroid dienone is 4. The van der Waals surface area contributed by atoms with E-state index < -0.39 is 0 Å². The van der Waals surface area contributed by atoms with Gasteiger partial charge in [0.15, 0.2) is 11.6 Å². The number of benzene rings is 4. The van der Waals surface area contributed by atoms with Crippen LogP contribution in [0.2, 0.25) is 5.28 Å². The monoisotopic (exact) mass is 507 g/mol. The molecule has 0 amide bonds. The van der Waals surface area contributed by atoms with Crippen LogP contribution in [0.5, 0.6) is 0 Å². The van der Waals surface area contributed by atoms with E-state index in [9.17, 15) is 0 Å². The van der Waals surface area contributed by atoms with Crippen molar-refractivity contribution in [2.24, 2.45) is 0 Å². The highest BCUT2D eigenvalue weighted by Crippen LogP contribution is 2.64. The summed E-state index contributed by atoms with van der Waals surface area (Å²) >= 11 is 6.50. The average molecular weight is 508 g/mol. The van der Waals surface area contributed by atoms with Crippen LogP contribution in [0, 0.1) is 0 Å². The molecule has 1 atom stereocenters. The van der Waals surface area contributed by atoms with Crippen LogP contribution >= 0.6 is 11.6 Å². The minimum Gasteiger partial charge on any atom is -0.208 e. The summed E-state index contributed by atoms with van der Waals surface area (Å²) in [5, 5.41) is 0.193. The van der Waals surface area contributed by atoms with Crippen LogP contribution in [0.1, 0.15) is 35.1 Å². The molecule has 0 saturated heterocycles. The Hall–Kier alpha value is -4.34. The van der Waals surface area contributed by atoms with E-state index in [2.05, 4.69) is 88.9 Å². The normalized spacial score (nSPS) is 18.3. The molecule has 1 aromatic heterocycles. The minimum absolute atomic E-state index is 0.193. The zero-order valence-corrected chi connectivity index (χ0v) is 21.3. The van der Waals surface area contributed by atoms with Gasteiger partial charge in [-0.15, -0.1) is 0 Å². The minimum atomic E-state index is -0.357. The first kappa shape index (κ1) is 21.7. The number of fused-ring (bicyclic) bond motifs is 9. The second-order valence-electron chi connectivity index (χ2n) is 10.0. The van der Waals surface area contributed by atoms with Crippen LogP contribution < -0.4 is 0 Å². The molecular weight excluding hydrogens is 486 g/mol. The van der Waals surface area contributed by atoms with E-state index in [1.165, 1.54) is 44.5 Å². The van der Waals surface area contributed by atoms with Crippen LogP contribution in [0.25, 0.3) is 39.5 Å². The Morgan fingerprint density at radius 3 is 2.11 bits per heavy atom. The number of halogens is 1. The molecule has 4 heteroatoms. The zero-order chi connectivity index (χ0) is 25.3. The lowest BCUT2D eigenvalue weighted by atomic mass is 9.69. The lowest BCUT2D eigenvalue weighted by Gasteiger charge is -2.32.